The molecule has 0 unspecified atom stereocenters. The number of nitrogens with one attached hydrogen (secondary N) is 2. The van der Waals surface area contributed by atoms with Crippen LogP contribution in [0.2, 0.25) is 10.0 Å². The number of rotatable bonds is 5. The number of halogens is 2. The van der Waals surface area contributed by atoms with Crippen LogP contribution in [0.4, 0.5) is 15.5 Å². The number of fused-ring (bicyclic) bond motifs is 1. The van der Waals surface area contributed by atoms with E-state index < -0.39 is 6.03 Å². The van der Waals surface area contributed by atoms with Gasteiger partial charge in [-0.3, -0.25) is 10.1 Å². The Balaban J connectivity index is 1.64. The average molecular weight is 489 g/mol. The van der Waals surface area contributed by atoms with Crippen LogP contribution in [0.5, 0.6) is 5.75 Å². The molecule has 0 radical (unpaired) electrons. The Labute approximate surface area is 200 Å². The average Bonchev–Trinajstić information content (AvgIpc) is 3.12. The Morgan fingerprint density at radius 3 is 2.50 bits per heavy atom. The molecule has 3 aromatic rings. The van der Waals surface area contributed by atoms with Crippen molar-refractivity contribution in [3.8, 4) is 5.75 Å². The van der Waals surface area contributed by atoms with E-state index in [-0.39, 0.29) is 5.78 Å². The van der Waals surface area contributed by atoms with Gasteiger partial charge in [0.15, 0.2) is 5.78 Å². The van der Waals surface area contributed by atoms with Gasteiger partial charge in [0, 0.05) is 16.1 Å². The molecule has 0 saturated carbocycles. The molecule has 1 aliphatic rings. The number of urea groups is 1. The second-order valence-electron chi connectivity index (χ2n) is 7.82. The van der Waals surface area contributed by atoms with Gasteiger partial charge in [-0.15, -0.1) is 11.3 Å². The monoisotopic (exact) mass is 488 g/mol. The molecule has 8 heteroatoms. The lowest BCUT2D eigenvalue weighted by molar-refractivity contribution is 0.103. The van der Waals surface area contributed by atoms with Gasteiger partial charge in [-0.05, 0) is 73.2 Å². The van der Waals surface area contributed by atoms with Crippen LogP contribution in [-0.4, -0.2) is 18.9 Å². The molecule has 1 atom stereocenters. The maximum absolute atomic E-state index is 13.5. The molecule has 32 heavy (non-hydrogen) atoms. The van der Waals surface area contributed by atoms with E-state index >= 15 is 0 Å². The molecule has 1 heterocycles. The Kier molecular flexibility index (Phi) is 6.74. The third-order valence-electron chi connectivity index (χ3n) is 5.50. The van der Waals surface area contributed by atoms with Crippen molar-refractivity contribution < 1.29 is 14.3 Å². The van der Waals surface area contributed by atoms with Crippen LogP contribution >= 0.6 is 34.5 Å². The highest BCUT2D eigenvalue weighted by Gasteiger charge is 2.29. The number of hydrogen-bond acceptors (Lipinski definition) is 4. The van der Waals surface area contributed by atoms with E-state index in [1.54, 1.807) is 49.6 Å². The molecule has 1 aromatic heterocycles. The molecular formula is C24H22Cl2N2O3S. The van der Waals surface area contributed by atoms with Crippen molar-refractivity contribution in [2.45, 2.75) is 26.2 Å². The molecule has 166 valence electrons. The molecule has 0 aliphatic heterocycles. The normalized spacial score (nSPS) is 15.1. The summed E-state index contributed by atoms with van der Waals surface area (Å²) in [5.41, 5.74) is 2.68. The molecule has 4 rings (SSSR count). The Bertz CT molecular complexity index is 1170. The molecule has 2 amide bonds. The predicted octanol–water partition coefficient (Wildman–Crippen LogP) is 7.06. The molecule has 2 aromatic carbocycles. The predicted molar refractivity (Wildman–Crippen MR) is 131 cm³/mol. The maximum Gasteiger partial charge on any atom is 0.324 e. The van der Waals surface area contributed by atoms with Crippen molar-refractivity contribution in [2.75, 3.05) is 17.7 Å². The van der Waals surface area contributed by atoms with Crippen molar-refractivity contribution in [1.29, 1.82) is 0 Å². The van der Waals surface area contributed by atoms with Crippen LogP contribution < -0.4 is 15.4 Å². The third kappa shape index (κ3) is 4.77. The van der Waals surface area contributed by atoms with Gasteiger partial charge in [-0.25, -0.2) is 4.79 Å². The van der Waals surface area contributed by atoms with E-state index in [0.717, 1.165) is 29.7 Å². The van der Waals surface area contributed by atoms with Crippen LogP contribution in [-0.2, 0) is 12.8 Å². The van der Waals surface area contributed by atoms with Crippen molar-refractivity contribution in [3.63, 3.8) is 0 Å². The first-order valence-electron chi connectivity index (χ1n) is 10.2. The SMILES string of the molecule is COc1ccc(C(=O)c2c(NC(=O)Nc3ccc(Cl)c(Cl)c3)sc3c2CC[C@@H](C)C3)cc1. The third-order valence-corrected chi connectivity index (χ3v) is 7.40. The fourth-order valence-electron chi connectivity index (χ4n) is 3.81. The standard InChI is InChI=1S/C24H22Cl2N2O3S/c1-13-3-9-17-20(11-13)32-23(21(17)22(29)14-4-7-16(31-2)8-5-14)28-24(30)27-15-6-10-18(25)19(26)12-15/h4-8,10,12-13H,3,9,11H2,1-2H3,(H2,27,28,30)/t13-/m1/s1. The molecule has 0 fully saturated rings. The van der Waals surface area contributed by atoms with Gasteiger partial charge in [-0.2, -0.15) is 0 Å². The topological polar surface area (TPSA) is 67.4 Å². The van der Waals surface area contributed by atoms with Crippen LogP contribution in [0, 0.1) is 5.92 Å². The highest BCUT2D eigenvalue weighted by molar-refractivity contribution is 7.17. The number of benzene rings is 2. The second-order valence-corrected chi connectivity index (χ2v) is 9.74. The van der Waals surface area contributed by atoms with Crippen molar-refractivity contribution >= 4 is 57.0 Å². The van der Waals surface area contributed by atoms with Crippen LogP contribution in [0.15, 0.2) is 42.5 Å². The molecule has 2 N–H and O–H groups in total. The zero-order valence-corrected chi connectivity index (χ0v) is 20.0. The van der Waals surface area contributed by atoms with E-state index in [1.165, 1.54) is 11.3 Å². The minimum Gasteiger partial charge on any atom is -0.497 e. The first-order valence-corrected chi connectivity index (χ1v) is 11.8. The van der Waals surface area contributed by atoms with Gasteiger partial charge in [0.25, 0.3) is 0 Å². The summed E-state index contributed by atoms with van der Waals surface area (Å²) in [5.74, 6) is 1.12. The molecular weight excluding hydrogens is 467 g/mol. The fraction of sp³-hybridized carbons (Fsp3) is 0.250. The summed E-state index contributed by atoms with van der Waals surface area (Å²) < 4.78 is 5.20. The van der Waals surface area contributed by atoms with Gasteiger partial charge in [0.2, 0.25) is 0 Å². The van der Waals surface area contributed by atoms with E-state index in [2.05, 4.69) is 17.6 Å². The number of methoxy groups -OCH3 is 1. The molecule has 0 spiro atoms. The number of anilines is 2. The highest BCUT2D eigenvalue weighted by atomic mass is 35.5. The number of amides is 2. The summed E-state index contributed by atoms with van der Waals surface area (Å²) in [7, 11) is 1.59. The summed E-state index contributed by atoms with van der Waals surface area (Å²) in [6.45, 7) is 2.21. The number of ether oxygens (including phenoxy) is 1. The first kappa shape index (κ1) is 22.6. The van der Waals surface area contributed by atoms with Crippen LogP contribution in [0.25, 0.3) is 0 Å². The van der Waals surface area contributed by atoms with E-state index in [9.17, 15) is 9.59 Å². The fourth-order valence-corrected chi connectivity index (χ4v) is 5.51. The Morgan fingerprint density at radius 1 is 1.06 bits per heavy atom. The highest BCUT2D eigenvalue weighted by Crippen LogP contribution is 2.41. The van der Waals surface area contributed by atoms with Crippen LogP contribution in [0.3, 0.4) is 0 Å². The summed E-state index contributed by atoms with van der Waals surface area (Å²) in [4.78, 5) is 27.4. The quantitative estimate of drug-likeness (QED) is 0.377. The second kappa shape index (κ2) is 9.53. The largest absolute Gasteiger partial charge is 0.497 e. The Hall–Kier alpha value is -2.54. The molecule has 0 saturated heterocycles. The summed E-state index contributed by atoms with van der Waals surface area (Å²) in [6, 6.07) is 11.4. The van der Waals surface area contributed by atoms with E-state index in [4.69, 9.17) is 27.9 Å². The first-order chi connectivity index (χ1) is 15.4. The molecule has 1 aliphatic carbocycles. The number of carbonyl (C=O) groups excluding carboxylic acids is 2. The summed E-state index contributed by atoms with van der Waals surface area (Å²) in [6.07, 6.45) is 2.74. The summed E-state index contributed by atoms with van der Waals surface area (Å²) >= 11 is 13.5. The van der Waals surface area contributed by atoms with Crippen molar-refractivity contribution in [1.82, 2.24) is 0 Å². The lowest BCUT2D eigenvalue weighted by Crippen LogP contribution is -2.20. The van der Waals surface area contributed by atoms with Gasteiger partial charge < -0.3 is 10.1 Å². The minimum atomic E-state index is -0.446. The van der Waals surface area contributed by atoms with E-state index in [0.29, 0.717) is 43.5 Å². The van der Waals surface area contributed by atoms with E-state index in [1.807, 2.05) is 0 Å². The van der Waals surface area contributed by atoms with Crippen LogP contribution in [0.1, 0.15) is 39.7 Å². The number of thiophene rings is 1. The Morgan fingerprint density at radius 2 is 1.81 bits per heavy atom. The number of ketones is 1. The zero-order chi connectivity index (χ0) is 22.8. The minimum absolute atomic E-state index is 0.107. The van der Waals surface area contributed by atoms with Gasteiger partial charge in [0.1, 0.15) is 10.8 Å². The number of hydrogen-bond donors (Lipinski definition) is 2. The van der Waals surface area contributed by atoms with Gasteiger partial charge >= 0.3 is 6.03 Å². The van der Waals surface area contributed by atoms with Crippen molar-refractivity contribution in [2.24, 2.45) is 5.92 Å². The molecule has 5 nitrogen and oxygen atoms in total. The smallest absolute Gasteiger partial charge is 0.324 e. The molecule has 0 bridgehead atoms. The number of carbonyl (C=O) groups is 2. The maximum atomic E-state index is 13.5. The van der Waals surface area contributed by atoms with Gasteiger partial charge in [-0.1, -0.05) is 30.1 Å². The zero-order valence-electron chi connectivity index (χ0n) is 17.6. The lowest BCUT2D eigenvalue weighted by atomic mass is 9.86. The summed E-state index contributed by atoms with van der Waals surface area (Å²) in [5, 5.41) is 6.95. The van der Waals surface area contributed by atoms with Crippen molar-refractivity contribution in [3.05, 3.63) is 74.1 Å². The van der Waals surface area contributed by atoms with Gasteiger partial charge in [0.05, 0.1) is 22.7 Å². The lowest BCUT2D eigenvalue weighted by Gasteiger charge is -2.18.